The number of carbonyl (C=O) groups excluding carboxylic acids is 1. The lowest BCUT2D eigenvalue weighted by atomic mass is 9.96. The molecule has 27 heavy (non-hydrogen) atoms. The van der Waals surface area contributed by atoms with Crippen LogP contribution in [0.5, 0.6) is 0 Å². The first kappa shape index (κ1) is 18.6. The molecule has 1 aromatic rings. The maximum absolute atomic E-state index is 12.4. The van der Waals surface area contributed by atoms with E-state index >= 15 is 0 Å². The lowest BCUT2D eigenvalue weighted by Crippen LogP contribution is -2.56. The molecule has 2 aliphatic heterocycles. The number of urea groups is 1. The highest BCUT2D eigenvalue weighted by Crippen LogP contribution is 2.25. The van der Waals surface area contributed by atoms with Crippen LogP contribution in [0.2, 0.25) is 0 Å². The van der Waals surface area contributed by atoms with E-state index in [1.165, 1.54) is 0 Å². The Hall–Kier alpha value is -3.14. The minimum absolute atomic E-state index is 0.0463. The quantitative estimate of drug-likeness (QED) is 0.505. The van der Waals surface area contributed by atoms with Gasteiger partial charge in [0.2, 0.25) is 0 Å². The van der Waals surface area contributed by atoms with E-state index in [1.807, 2.05) is 43.3 Å². The molecule has 140 valence electrons. The van der Waals surface area contributed by atoms with Gasteiger partial charge in [-0.3, -0.25) is 0 Å². The fourth-order valence-electron chi connectivity index (χ4n) is 3.36. The van der Waals surface area contributed by atoms with E-state index in [0.717, 1.165) is 17.7 Å². The third-order valence-electron chi connectivity index (χ3n) is 4.96. The maximum Gasteiger partial charge on any atom is 0.317 e. The number of nitrogens with one attached hydrogen (secondary N) is 1. The zero-order chi connectivity index (χ0) is 19.2. The molecule has 0 aromatic heterocycles. The van der Waals surface area contributed by atoms with Crippen molar-refractivity contribution >= 4 is 18.6 Å². The van der Waals surface area contributed by atoms with Gasteiger partial charge < -0.3 is 15.1 Å². The molecule has 7 nitrogen and oxygen atoms in total. The van der Waals surface area contributed by atoms with Crippen molar-refractivity contribution in [1.82, 2.24) is 15.1 Å². The molecule has 0 radical (unpaired) electrons. The Bertz CT molecular complexity index is 788. The number of rotatable bonds is 4. The number of hydrogen-bond donors (Lipinski definition) is 1. The Balaban J connectivity index is 1.56. The topological polar surface area (TPSA) is 84.1 Å². The molecule has 0 bridgehead atoms. The number of amidine groups is 1. The number of carbonyl (C=O) groups is 1. The SMILES string of the molecule is C=N/C(=N\C(=C/C)C1CN(C(=O)N[C@@H]2CCN(C#N)C2)C1)c1ccccc1. The van der Waals surface area contributed by atoms with Gasteiger partial charge in [0, 0.05) is 43.4 Å². The molecule has 7 heteroatoms. The predicted molar refractivity (Wildman–Crippen MR) is 105 cm³/mol. The molecule has 0 spiro atoms. The number of hydrogen-bond acceptors (Lipinski definition) is 4. The lowest BCUT2D eigenvalue weighted by Gasteiger charge is -2.39. The van der Waals surface area contributed by atoms with Gasteiger partial charge in [0.1, 0.15) is 0 Å². The summed E-state index contributed by atoms with van der Waals surface area (Å²) in [4.78, 5) is 24.5. The largest absolute Gasteiger partial charge is 0.333 e. The first-order chi connectivity index (χ1) is 13.1. The minimum Gasteiger partial charge on any atom is -0.333 e. The summed E-state index contributed by atoms with van der Waals surface area (Å²) in [5.74, 6) is 0.787. The van der Waals surface area contributed by atoms with Crippen molar-refractivity contribution in [3.63, 3.8) is 0 Å². The van der Waals surface area contributed by atoms with E-state index in [4.69, 9.17) is 5.26 Å². The molecule has 3 rings (SSSR count). The Morgan fingerprint density at radius 1 is 1.33 bits per heavy atom. The molecule has 1 N–H and O–H groups in total. The van der Waals surface area contributed by atoms with Crippen LogP contribution in [0.15, 0.2) is 52.1 Å². The second-order valence-electron chi connectivity index (χ2n) is 6.76. The first-order valence-electron chi connectivity index (χ1n) is 9.11. The van der Waals surface area contributed by atoms with Gasteiger partial charge >= 0.3 is 6.03 Å². The van der Waals surface area contributed by atoms with Crippen LogP contribution < -0.4 is 5.32 Å². The average Bonchev–Trinajstić information content (AvgIpc) is 3.11. The van der Waals surface area contributed by atoms with Crippen molar-refractivity contribution in [2.24, 2.45) is 15.9 Å². The van der Waals surface area contributed by atoms with Crippen LogP contribution in [0.25, 0.3) is 0 Å². The summed E-state index contributed by atoms with van der Waals surface area (Å²) in [6.07, 6.45) is 4.90. The van der Waals surface area contributed by atoms with Crippen LogP contribution in [0.4, 0.5) is 4.79 Å². The Kier molecular flexibility index (Phi) is 5.87. The van der Waals surface area contributed by atoms with Gasteiger partial charge in [-0.05, 0) is 20.1 Å². The van der Waals surface area contributed by atoms with E-state index in [0.29, 0.717) is 32.0 Å². The monoisotopic (exact) mass is 364 g/mol. The van der Waals surface area contributed by atoms with Crippen molar-refractivity contribution in [2.45, 2.75) is 19.4 Å². The second kappa shape index (κ2) is 8.49. The molecular weight excluding hydrogens is 340 g/mol. The van der Waals surface area contributed by atoms with E-state index in [2.05, 4.69) is 28.2 Å². The Morgan fingerprint density at radius 3 is 2.67 bits per heavy atom. The van der Waals surface area contributed by atoms with Crippen molar-refractivity contribution in [3.05, 3.63) is 47.7 Å². The zero-order valence-corrected chi connectivity index (χ0v) is 15.5. The molecule has 0 aliphatic carbocycles. The number of nitrogens with zero attached hydrogens (tertiary/aromatic N) is 5. The second-order valence-corrected chi connectivity index (χ2v) is 6.76. The molecular formula is C20H24N6O. The summed E-state index contributed by atoms with van der Waals surface area (Å²) < 4.78 is 0. The number of allylic oxidation sites excluding steroid dienone is 1. The van der Waals surface area contributed by atoms with Crippen LogP contribution in [0.3, 0.4) is 0 Å². The summed E-state index contributed by atoms with van der Waals surface area (Å²) in [7, 11) is 0. The highest BCUT2D eigenvalue weighted by Gasteiger charge is 2.34. The highest BCUT2D eigenvalue weighted by atomic mass is 16.2. The van der Waals surface area contributed by atoms with Gasteiger partial charge in [-0.25, -0.2) is 14.8 Å². The zero-order valence-electron chi connectivity index (χ0n) is 15.5. The van der Waals surface area contributed by atoms with E-state index in [9.17, 15) is 4.79 Å². The van der Waals surface area contributed by atoms with Crippen LogP contribution in [0, 0.1) is 17.4 Å². The summed E-state index contributed by atoms with van der Waals surface area (Å²) in [5.41, 5.74) is 1.84. The first-order valence-corrected chi connectivity index (χ1v) is 9.11. The van der Waals surface area contributed by atoms with E-state index in [1.54, 1.807) is 9.80 Å². The number of nitriles is 1. The van der Waals surface area contributed by atoms with Gasteiger partial charge in [-0.1, -0.05) is 36.4 Å². The normalized spacial score (nSPS) is 20.8. The third kappa shape index (κ3) is 4.34. The molecule has 2 fully saturated rings. The van der Waals surface area contributed by atoms with Crippen LogP contribution in [0.1, 0.15) is 18.9 Å². The smallest absolute Gasteiger partial charge is 0.317 e. The number of likely N-dealkylation sites (tertiary alicyclic amines) is 2. The van der Waals surface area contributed by atoms with Gasteiger partial charge in [0.15, 0.2) is 12.0 Å². The van der Waals surface area contributed by atoms with Gasteiger partial charge in [-0.2, -0.15) is 5.26 Å². The fraction of sp³-hybridized carbons (Fsp3) is 0.400. The number of amides is 2. The van der Waals surface area contributed by atoms with Gasteiger partial charge in [-0.15, -0.1) is 0 Å². The van der Waals surface area contributed by atoms with Gasteiger partial charge in [0.05, 0.1) is 6.04 Å². The third-order valence-corrected chi connectivity index (χ3v) is 4.96. The molecule has 0 unspecified atom stereocenters. The molecule has 2 heterocycles. The van der Waals surface area contributed by atoms with Crippen molar-refractivity contribution in [2.75, 3.05) is 26.2 Å². The lowest BCUT2D eigenvalue weighted by molar-refractivity contribution is 0.133. The Labute approximate surface area is 159 Å². The van der Waals surface area contributed by atoms with Crippen molar-refractivity contribution in [1.29, 1.82) is 5.26 Å². The molecule has 2 saturated heterocycles. The number of benzene rings is 1. The van der Waals surface area contributed by atoms with Crippen molar-refractivity contribution in [3.8, 4) is 6.19 Å². The molecule has 2 amide bonds. The summed E-state index contributed by atoms with van der Waals surface area (Å²) in [6.45, 7) is 8.13. The van der Waals surface area contributed by atoms with Crippen LogP contribution in [-0.4, -0.2) is 60.6 Å². The standard InChI is InChI=1S/C20H24N6O/c1-3-18(24-19(22-2)15-7-5-4-6-8-15)16-11-26(12-16)20(27)23-17-9-10-25(13-17)14-21/h3-8,16-17H,2,9-13H2,1H3,(H,23,27)/b18-3-,24-19-/t17-/m1/s1. The molecule has 2 aliphatic rings. The average molecular weight is 364 g/mol. The fourth-order valence-corrected chi connectivity index (χ4v) is 3.36. The van der Waals surface area contributed by atoms with Crippen molar-refractivity contribution < 1.29 is 4.79 Å². The summed E-state index contributed by atoms with van der Waals surface area (Å²) >= 11 is 0. The summed E-state index contributed by atoms with van der Waals surface area (Å²) in [6, 6.07) is 9.71. The molecule has 0 saturated carbocycles. The predicted octanol–water partition coefficient (Wildman–Crippen LogP) is 2.23. The summed E-state index contributed by atoms with van der Waals surface area (Å²) in [5, 5.41) is 11.9. The highest BCUT2D eigenvalue weighted by molar-refractivity contribution is 6.01. The molecule has 1 atom stereocenters. The van der Waals surface area contributed by atoms with Crippen LogP contribution >= 0.6 is 0 Å². The maximum atomic E-state index is 12.4. The molecule has 1 aromatic carbocycles. The van der Waals surface area contributed by atoms with E-state index in [-0.39, 0.29) is 18.0 Å². The van der Waals surface area contributed by atoms with Gasteiger partial charge in [0.25, 0.3) is 0 Å². The van der Waals surface area contributed by atoms with Crippen LogP contribution in [-0.2, 0) is 0 Å². The van der Waals surface area contributed by atoms with E-state index < -0.39 is 0 Å². The number of aliphatic imine (C=N–C) groups is 2. The minimum atomic E-state index is -0.0689. The Morgan fingerprint density at radius 2 is 2.07 bits per heavy atom.